The Labute approximate surface area is 179 Å². The Morgan fingerprint density at radius 1 is 1.17 bits per heavy atom. The predicted molar refractivity (Wildman–Crippen MR) is 113 cm³/mol. The van der Waals surface area contributed by atoms with Gasteiger partial charge in [0.2, 0.25) is 0 Å². The summed E-state index contributed by atoms with van der Waals surface area (Å²) in [6.07, 6.45) is 2.45. The molecule has 0 bridgehead atoms. The zero-order valence-corrected chi connectivity index (χ0v) is 19.0. The summed E-state index contributed by atoms with van der Waals surface area (Å²) in [7, 11) is -4.19. The first-order valence-electron chi connectivity index (χ1n) is 9.38. The molecule has 0 N–H and O–H groups in total. The second-order valence-corrected chi connectivity index (χ2v) is 10.7. The van der Waals surface area contributed by atoms with E-state index in [1.165, 1.54) is 12.1 Å². The van der Waals surface area contributed by atoms with Crippen LogP contribution in [0.4, 0.5) is 0 Å². The quantitative estimate of drug-likeness (QED) is 0.594. The summed E-state index contributed by atoms with van der Waals surface area (Å²) in [6.45, 7) is 6.51. The maximum atomic E-state index is 12.6. The van der Waals surface area contributed by atoms with E-state index in [1.807, 2.05) is 32.9 Å². The number of carbonyl (C=O) groups excluding carboxylic acids is 1. The van der Waals surface area contributed by atoms with E-state index in [4.69, 9.17) is 8.92 Å². The number of halogens is 1. The van der Waals surface area contributed by atoms with E-state index in [0.717, 1.165) is 10.0 Å². The van der Waals surface area contributed by atoms with Crippen LogP contribution in [0.1, 0.15) is 33.6 Å². The fourth-order valence-electron chi connectivity index (χ4n) is 3.18. The molecule has 8 heteroatoms. The van der Waals surface area contributed by atoms with Crippen molar-refractivity contribution < 1.29 is 22.1 Å². The Hall–Kier alpha value is -1.77. The van der Waals surface area contributed by atoms with Gasteiger partial charge in [0.15, 0.2) is 0 Å². The fraction of sp³-hybridized carbons (Fsp3) is 0.429. The molecule has 1 fully saturated rings. The van der Waals surface area contributed by atoms with Gasteiger partial charge in [-0.15, -0.1) is 0 Å². The molecule has 156 valence electrons. The molecule has 29 heavy (non-hydrogen) atoms. The number of benzene rings is 1. The summed E-state index contributed by atoms with van der Waals surface area (Å²) in [5, 5.41) is 0. The van der Waals surface area contributed by atoms with Gasteiger partial charge in [-0.25, -0.2) is 0 Å². The lowest BCUT2D eigenvalue weighted by Gasteiger charge is -2.36. The van der Waals surface area contributed by atoms with Crippen molar-refractivity contribution in [2.75, 3.05) is 6.61 Å². The van der Waals surface area contributed by atoms with Gasteiger partial charge in [0.25, 0.3) is 0 Å². The minimum atomic E-state index is -4.19. The van der Waals surface area contributed by atoms with Crippen LogP contribution in [-0.4, -0.2) is 32.1 Å². The van der Waals surface area contributed by atoms with Crippen LogP contribution in [0.3, 0.4) is 0 Å². The second kappa shape index (κ2) is 8.53. The van der Waals surface area contributed by atoms with Gasteiger partial charge >= 0.3 is 16.1 Å². The molecule has 2 unspecified atom stereocenters. The van der Waals surface area contributed by atoms with Gasteiger partial charge in [0.1, 0.15) is 4.90 Å². The average Bonchev–Trinajstić information content (AvgIpc) is 2.68. The number of rotatable bonds is 4. The van der Waals surface area contributed by atoms with Crippen LogP contribution in [0.2, 0.25) is 0 Å². The standard InChI is InChI=1S/C21H24BrNO5S/c1-21(2,3)19-12-15(10-11-27-19)20(24)28-29(25,26)17-7-4-14(5-8-17)18-9-6-16(22)13-23-18/h4-9,13,15,19H,10-12H2,1-3H3. The summed E-state index contributed by atoms with van der Waals surface area (Å²) in [5.74, 6) is -1.21. The van der Waals surface area contributed by atoms with Crippen LogP contribution in [0.25, 0.3) is 11.3 Å². The largest absolute Gasteiger partial charge is 0.378 e. The van der Waals surface area contributed by atoms with E-state index in [-0.39, 0.29) is 16.4 Å². The van der Waals surface area contributed by atoms with Crippen LogP contribution in [0.15, 0.2) is 52.0 Å². The van der Waals surface area contributed by atoms with Gasteiger partial charge in [-0.3, -0.25) is 9.78 Å². The molecular formula is C21H24BrNO5S. The molecule has 0 aliphatic carbocycles. The Morgan fingerprint density at radius 2 is 1.86 bits per heavy atom. The summed E-state index contributed by atoms with van der Waals surface area (Å²) in [6, 6.07) is 9.80. The van der Waals surface area contributed by atoms with Crippen molar-refractivity contribution in [3.05, 3.63) is 47.1 Å². The van der Waals surface area contributed by atoms with Crippen molar-refractivity contribution in [3.8, 4) is 11.3 Å². The fourth-order valence-corrected chi connectivity index (χ4v) is 4.33. The molecule has 1 aromatic carbocycles. The van der Waals surface area contributed by atoms with Crippen LogP contribution < -0.4 is 0 Å². The van der Waals surface area contributed by atoms with Gasteiger partial charge in [0, 0.05) is 22.8 Å². The first-order chi connectivity index (χ1) is 13.6. The van der Waals surface area contributed by atoms with Crippen molar-refractivity contribution >= 4 is 32.0 Å². The molecular weight excluding hydrogens is 458 g/mol. The molecule has 1 aliphatic heterocycles. The lowest BCUT2D eigenvalue weighted by molar-refractivity contribution is -0.146. The normalized spacial score (nSPS) is 20.3. The molecule has 6 nitrogen and oxygen atoms in total. The van der Waals surface area contributed by atoms with Crippen LogP contribution >= 0.6 is 15.9 Å². The molecule has 0 amide bonds. The monoisotopic (exact) mass is 481 g/mol. The van der Waals surface area contributed by atoms with Crippen molar-refractivity contribution in [2.24, 2.45) is 11.3 Å². The Balaban J connectivity index is 1.70. The third kappa shape index (κ3) is 5.43. The Kier molecular flexibility index (Phi) is 6.45. The third-order valence-corrected chi connectivity index (χ3v) is 6.64. The number of nitrogens with zero attached hydrogens (tertiary/aromatic N) is 1. The van der Waals surface area contributed by atoms with Crippen LogP contribution in [0.5, 0.6) is 0 Å². The van der Waals surface area contributed by atoms with Crippen molar-refractivity contribution in [2.45, 2.75) is 44.6 Å². The topological polar surface area (TPSA) is 82.6 Å². The summed E-state index contributed by atoms with van der Waals surface area (Å²) < 4.78 is 36.7. The third-order valence-electron chi connectivity index (χ3n) is 4.94. The predicted octanol–water partition coefficient (Wildman–Crippen LogP) is 4.58. The minimum Gasteiger partial charge on any atom is -0.378 e. The highest BCUT2D eigenvalue weighted by Crippen LogP contribution is 2.33. The van der Waals surface area contributed by atoms with E-state index < -0.39 is 22.0 Å². The van der Waals surface area contributed by atoms with E-state index >= 15 is 0 Å². The van der Waals surface area contributed by atoms with Crippen LogP contribution in [0, 0.1) is 11.3 Å². The van der Waals surface area contributed by atoms with Crippen molar-refractivity contribution in [1.29, 1.82) is 0 Å². The van der Waals surface area contributed by atoms with E-state index in [9.17, 15) is 13.2 Å². The molecule has 2 heterocycles. The molecule has 3 rings (SSSR count). The lowest BCUT2D eigenvalue weighted by Crippen LogP contribution is -2.39. The summed E-state index contributed by atoms with van der Waals surface area (Å²) in [5.41, 5.74) is 1.35. The number of pyridine rings is 1. The molecule has 1 saturated heterocycles. The van der Waals surface area contributed by atoms with Crippen LogP contribution in [-0.2, 0) is 23.8 Å². The molecule has 2 atom stereocenters. The van der Waals surface area contributed by atoms with Crippen molar-refractivity contribution in [1.82, 2.24) is 4.98 Å². The lowest BCUT2D eigenvalue weighted by atomic mass is 9.81. The molecule has 1 aromatic heterocycles. The minimum absolute atomic E-state index is 0.0638. The average molecular weight is 482 g/mol. The number of aromatic nitrogens is 1. The van der Waals surface area contributed by atoms with Gasteiger partial charge in [-0.1, -0.05) is 32.9 Å². The molecule has 0 spiro atoms. The first kappa shape index (κ1) is 21.9. The van der Waals surface area contributed by atoms with E-state index in [1.54, 1.807) is 18.3 Å². The van der Waals surface area contributed by atoms with Gasteiger partial charge in [-0.05, 0) is 58.5 Å². The summed E-state index contributed by atoms with van der Waals surface area (Å²) >= 11 is 3.33. The SMILES string of the molecule is CC(C)(C)C1CC(C(=O)OS(=O)(=O)c2ccc(-c3ccc(Br)cn3)cc2)CCO1. The zero-order chi connectivity index (χ0) is 21.2. The first-order valence-corrected chi connectivity index (χ1v) is 11.6. The zero-order valence-electron chi connectivity index (χ0n) is 16.6. The maximum absolute atomic E-state index is 12.6. The van der Waals surface area contributed by atoms with Gasteiger partial charge in [0.05, 0.1) is 17.7 Å². The number of hydrogen-bond acceptors (Lipinski definition) is 6. The Morgan fingerprint density at radius 3 is 2.45 bits per heavy atom. The molecule has 2 aromatic rings. The van der Waals surface area contributed by atoms with E-state index in [2.05, 4.69) is 20.9 Å². The summed E-state index contributed by atoms with van der Waals surface area (Å²) in [4.78, 5) is 16.7. The van der Waals surface area contributed by atoms with Crippen molar-refractivity contribution in [3.63, 3.8) is 0 Å². The molecule has 1 aliphatic rings. The van der Waals surface area contributed by atoms with Gasteiger partial charge in [-0.2, -0.15) is 8.42 Å². The Bertz CT molecular complexity index is 966. The highest BCUT2D eigenvalue weighted by Gasteiger charge is 2.37. The highest BCUT2D eigenvalue weighted by atomic mass is 79.9. The molecule has 0 saturated carbocycles. The second-order valence-electron chi connectivity index (χ2n) is 8.19. The number of hydrogen-bond donors (Lipinski definition) is 0. The smallest absolute Gasteiger partial charge is 0.341 e. The van der Waals surface area contributed by atoms with Gasteiger partial charge < -0.3 is 8.92 Å². The highest BCUT2D eigenvalue weighted by molar-refractivity contribution is 9.10. The number of carbonyl (C=O) groups is 1. The molecule has 0 radical (unpaired) electrons. The number of ether oxygens (including phenoxy) is 1. The van der Waals surface area contributed by atoms with E-state index in [0.29, 0.717) is 25.1 Å². The maximum Gasteiger partial charge on any atom is 0.341 e.